The lowest BCUT2D eigenvalue weighted by Crippen LogP contribution is -2.69. The summed E-state index contributed by atoms with van der Waals surface area (Å²) in [7, 11) is 0. The number of carboxylic acid groups (broad SMARTS) is 1. The van der Waals surface area contributed by atoms with Crippen LogP contribution >= 0.6 is 0 Å². The fourth-order valence-corrected chi connectivity index (χ4v) is 7.51. The molecule has 0 bridgehead atoms. The van der Waals surface area contributed by atoms with Crippen LogP contribution in [0.3, 0.4) is 0 Å². The van der Waals surface area contributed by atoms with Gasteiger partial charge < -0.3 is 20.4 Å². The maximum Gasteiger partial charge on any atom is 0.306 e. The van der Waals surface area contributed by atoms with E-state index in [1.54, 1.807) is 13.8 Å². The van der Waals surface area contributed by atoms with Gasteiger partial charge in [-0.2, -0.15) is 0 Å². The van der Waals surface area contributed by atoms with Crippen LogP contribution in [0.4, 0.5) is 4.39 Å². The van der Waals surface area contributed by atoms with E-state index in [9.17, 15) is 29.7 Å². The molecule has 0 aromatic carbocycles. The van der Waals surface area contributed by atoms with Crippen molar-refractivity contribution in [1.82, 2.24) is 0 Å². The minimum atomic E-state index is -2.03. The molecule has 3 fully saturated rings. The van der Waals surface area contributed by atoms with Gasteiger partial charge in [-0.05, 0) is 50.5 Å². The number of hydrogen-bond acceptors (Lipinski definition) is 6. The molecular formula is C23H31FO7. The number of carbonyl (C=O) groups excluding carboxylic acids is 2. The number of alkyl halides is 1. The summed E-state index contributed by atoms with van der Waals surface area (Å²) in [6, 6.07) is 0. The standard InChI is InChI=1S/C23H31FO7/c1-20-7-5-13(25)9-12(20)3-4-15-14-6-8-22(31,19(30)16(26)10-18(28)29)21(14,2)11-17(27)23(15,20)24/h9,14-17,26-27,31H,3-8,10-11H2,1-2H3,(H,28,29)/t14-,15-,16?,17?,20-,21-,22-,23-/m0/s1. The summed E-state index contributed by atoms with van der Waals surface area (Å²) >= 11 is 0. The fraction of sp³-hybridized carbons (Fsp3) is 0.783. The molecule has 0 aromatic rings. The highest BCUT2D eigenvalue weighted by Crippen LogP contribution is 2.70. The van der Waals surface area contributed by atoms with E-state index in [0.717, 1.165) is 5.57 Å². The molecular weight excluding hydrogens is 407 g/mol. The van der Waals surface area contributed by atoms with Crippen LogP contribution in [0.15, 0.2) is 11.6 Å². The summed E-state index contributed by atoms with van der Waals surface area (Å²) in [4.78, 5) is 35.9. The van der Waals surface area contributed by atoms with Gasteiger partial charge in [0.15, 0.2) is 11.6 Å². The molecule has 0 spiro atoms. The Balaban J connectivity index is 1.73. The zero-order chi connectivity index (χ0) is 23.0. The van der Waals surface area contributed by atoms with Crippen molar-refractivity contribution in [3.05, 3.63) is 11.6 Å². The van der Waals surface area contributed by atoms with Gasteiger partial charge in [0.05, 0.1) is 12.5 Å². The number of rotatable bonds is 4. The molecule has 4 aliphatic carbocycles. The maximum atomic E-state index is 17.0. The number of Topliss-reactive ketones (excluding diaryl/α,β-unsaturated/α-hetero) is 1. The van der Waals surface area contributed by atoms with E-state index in [4.69, 9.17) is 5.11 Å². The van der Waals surface area contributed by atoms with E-state index in [1.165, 1.54) is 6.08 Å². The van der Waals surface area contributed by atoms with Gasteiger partial charge in [-0.15, -0.1) is 0 Å². The topological polar surface area (TPSA) is 132 Å². The number of ketones is 2. The van der Waals surface area contributed by atoms with Gasteiger partial charge in [-0.1, -0.05) is 19.4 Å². The second-order valence-corrected chi connectivity index (χ2v) is 10.5. The molecule has 2 unspecified atom stereocenters. The molecule has 8 atom stereocenters. The molecule has 0 heterocycles. The van der Waals surface area contributed by atoms with Crippen molar-refractivity contribution in [2.24, 2.45) is 22.7 Å². The van der Waals surface area contributed by atoms with Crippen molar-refractivity contribution in [3.63, 3.8) is 0 Å². The lowest BCUT2D eigenvalue weighted by molar-refractivity contribution is -0.227. The number of aliphatic carboxylic acids is 1. The van der Waals surface area contributed by atoms with Crippen LogP contribution in [0.2, 0.25) is 0 Å². The average molecular weight is 438 g/mol. The summed E-state index contributed by atoms with van der Waals surface area (Å²) in [6.07, 6.45) is -1.02. The van der Waals surface area contributed by atoms with Crippen molar-refractivity contribution in [3.8, 4) is 0 Å². The molecule has 4 rings (SSSR count). The van der Waals surface area contributed by atoms with Crippen molar-refractivity contribution in [2.45, 2.75) is 88.7 Å². The van der Waals surface area contributed by atoms with Gasteiger partial charge >= 0.3 is 5.97 Å². The third-order valence-electron chi connectivity index (χ3n) is 9.27. The Hall–Kier alpha value is -1.64. The summed E-state index contributed by atoms with van der Waals surface area (Å²) in [5.74, 6) is -3.39. The normalized spacial score (nSPS) is 47.6. The average Bonchev–Trinajstić information content (AvgIpc) is 2.94. The molecule has 3 saturated carbocycles. The van der Waals surface area contributed by atoms with E-state index < -0.39 is 64.3 Å². The number of aliphatic hydroxyl groups is 3. The first-order valence-electron chi connectivity index (χ1n) is 11.1. The predicted molar refractivity (Wildman–Crippen MR) is 107 cm³/mol. The Labute approximate surface area is 180 Å². The van der Waals surface area contributed by atoms with E-state index in [1.807, 2.05) is 0 Å². The van der Waals surface area contributed by atoms with Crippen LogP contribution in [0.1, 0.15) is 65.2 Å². The first-order chi connectivity index (χ1) is 14.3. The van der Waals surface area contributed by atoms with E-state index in [-0.39, 0.29) is 25.0 Å². The number of carbonyl (C=O) groups is 3. The predicted octanol–water partition coefficient (Wildman–Crippen LogP) is 1.72. The lowest BCUT2D eigenvalue weighted by atomic mass is 9.43. The minimum absolute atomic E-state index is 0.0130. The van der Waals surface area contributed by atoms with Crippen LogP contribution in [0.25, 0.3) is 0 Å². The summed E-state index contributed by atoms with van der Waals surface area (Å²) in [5.41, 5.74) is -5.47. The van der Waals surface area contributed by atoms with Gasteiger partial charge in [0.2, 0.25) is 0 Å². The molecule has 4 N–H and O–H groups in total. The van der Waals surface area contributed by atoms with Crippen molar-refractivity contribution in [2.75, 3.05) is 0 Å². The molecule has 0 radical (unpaired) electrons. The Bertz CT molecular complexity index is 870. The van der Waals surface area contributed by atoms with Crippen LogP contribution in [-0.2, 0) is 14.4 Å². The monoisotopic (exact) mass is 438 g/mol. The molecule has 4 aliphatic rings. The minimum Gasteiger partial charge on any atom is -0.481 e. The largest absolute Gasteiger partial charge is 0.481 e. The molecule has 0 aliphatic heterocycles. The third kappa shape index (κ3) is 2.77. The molecule has 7 nitrogen and oxygen atoms in total. The van der Waals surface area contributed by atoms with E-state index >= 15 is 4.39 Å². The number of aliphatic hydroxyl groups excluding tert-OH is 2. The Morgan fingerprint density at radius 2 is 1.87 bits per heavy atom. The molecule has 0 aromatic heterocycles. The molecule has 172 valence electrons. The number of allylic oxidation sites excluding steroid dienone is 1. The molecule has 31 heavy (non-hydrogen) atoms. The van der Waals surface area contributed by atoms with Gasteiger partial charge in [-0.3, -0.25) is 14.4 Å². The fourth-order valence-electron chi connectivity index (χ4n) is 7.51. The van der Waals surface area contributed by atoms with Gasteiger partial charge in [0.1, 0.15) is 17.4 Å². The van der Waals surface area contributed by atoms with Gasteiger partial charge in [0.25, 0.3) is 0 Å². The number of hydrogen-bond donors (Lipinski definition) is 4. The summed E-state index contributed by atoms with van der Waals surface area (Å²) < 4.78 is 17.0. The van der Waals surface area contributed by atoms with Crippen molar-refractivity contribution < 1.29 is 39.2 Å². The molecule has 0 saturated heterocycles. The smallest absolute Gasteiger partial charge is 0.306 e. The van der Waals surface area contributed by atoms with Crippen LogP contribution in [0.5, 0.6) is 0 Å². The van der Waals surface area contributed by atoms with Crippen LogP contribution < -0.4 is 0 Å². The highest BCUT2D eigenvalue weighted by atomic mass is 19.1. The zero-order valence-corrected chi connectivity index (χ0v) is 17.9. The van der Waals surface area contributed by atoms with Crippen LogP contribution in [-0.4, -0.2) is 61.4 Å². The third-order valence-corrected chi connectivity index (χ3v) is 9.27. The Morgan fingerprint density at radius 1 is 1.19 bits per heavy atom. The second-order valence-electron chi connectivity index (χ2n) is 10.5. The van der Waals surface area contributed by atoms with Gasteiger partial charge in [0, 0.05) is 23.2 Å². The SMILES string of the molecule is C[C@]12CCC(=O)C=C1CC[C@H]1[C@@H]3CC[C@](O)(C(=O)C(O)CC(=O)O)[C@@]3(C)CC(O)[C@@]12F. The van der Waals surface area contributed by atoms with Crippen molar-refractivity contribution >= 4 is 17.5 Å². The van der Waals surface area contributed by atoms with Crippen LogP contribution in [0, 0.1) is 22.7 Å². The molecule has 0 amide bonds. The van der Waals surface area contributed by atoms with E-state index in [2.05, 4.69) is 0 Å². The maximum absolute atomic E-state index is 17.0. The Kier molecular flexibility index (Phi) is 5.04. The Morgan fingerprint density at radius 3 is 2.52 bits per heavy atom. The lowest BCUT2D eigenvalue weighted by Gasteiger charge is -2.63. The number of halogens is 1. The number of fused-ring (bicyclic) bond motifs is 5. The quantitative estimate of drug-likeness (QED) is 0.525. The first kappa shape index (κ1) is 22.6. The first-order valence-corrected chi connectivity index (χ1v) is 11.1. The highest BCUT2D eigenvalue weighted by Gasteiger charge is 2.74. The van der Waals surface area contributed by atoms with Crippen molar-refractivity contribution in [1.29, 1.82) is 0 Å². The number of carboxylic acids is 1. The van der Waals surface area contributed by atoms with E-state index in [0.29, 0.717) is 25.7 Å². The molecule has 8 heteroatoms. The zero-order valence-electron chi connectivity index (χ0n) is 17.9. The van der Waals surface area contributed by atoms with Gasteiger partial charge in [-0.25, -0.2) is 4.39 Å². The highest BCUT2D eigenvalue weighted by molar-refractivity contribution is 5.94. The summed E-state index contributed by atoms with van der Waals surface area (Å²) in [6.45, 7) is 3.42. The second kappa shape index (κ2) is 6.93. The summed E-state index contributed by atoms with van der Waals surface area (Å²) in [5, 5.41) is 41.7.